The van der Waals surface area contributed by atoms with Crippen LogP contribution in [0.25, 0.3) is 0 Å². The summed E-state index contributed by atoms with van der Waals surface area (Å²) in [5.41, 5.74) is 1.20. The molecule has 0 aromatic carbocycles. The molecule has 19 heavy (non-hydrogen) atoms. The Bertz CT molecular complexity index is 484. The zero-order valence-electron chi connectivity index (χ0n) is 12.0. The van der Waals surface area contributed by atoms with Gasteiger partial charge in [0.05, 0.1) is 0 Å². The maximum absolute atomic E-state index is 12.5. The number of rotatable bonds is 3. The Balaban J connectivity index is 2.16. The number of Topliss-reactive ketones (excluding diaryl/α,β-unsaturated/α-hetero) is 1. The lowest BCUT2D eigenvalue weighted by molar-refractivity contribution is 0.0686. The molecule has 104 valence electrons. The first-order chi connectivity index (χ1) is 9.00. The maximum atomic E-state index is 12.5. The molecular weight excluding hydrogens is 240 g/mol. The Morgan fingerprint density at radius 1 is 1.26 bits per heavy atom. The third-order valence-electron chi connectivity index (χ3n) is 4.07. The second-order valence-electron chi connectivity index (χ2n) is 5.49. The van der Waals surface area contributed by atoms with E-state index in [1.165, 1.54) is 26.2 Å². The van der Waals surface area contributed by atoms with Gasteiger partial charge in [-0.1, -0.05) is 19.3 Å². The molecule has 0 aliphatic heterocycles. The summed E-state index contributed by atoms with van der Waals surface area (Å²) < 4.78 is 1.75. The fourth-order valence-corrected chi connectivity index (χ4v) is 2.78. The number of amides is 1. The SMILES string of the molecule is CC(=O)c1cc(C(=O)N(C)C2CCCCC2)n(C)c1. The third-order valence-corrected chi connectivity index (χ3v) is 4.07. The summed E-state index contributed by atoms with van der Waals surface area (Å²) in [6.45, 7) is 1.52. The third kappa shape index (κ3) is 2.88. The number of carbonyl (C=O) groups excluding carboxylic acids is 2. The van der Waals surface area contributed by atoms with Gasteiger partial charge in [0.25, 0.3) is 5.91 Å². The monoisotopic (exact) mass is 262 g/mol. The molecule has 0 atom stereocenters. The quantitative estimate of drug-likeness (QED) is 0.786. The first-order valence-electron chi connectivity index (χ1n) is 6.95. The summed E-state index contributed by atoms with van der Waals surface area (Å²) in [5.74, 6) is 0.0110. The Morgan fingerprint density at radius 2 is 1.89 bits per heavy atom. The van der Waals surface area contributed by atoms with Crippen LogP contribution in [0.15, 0.2) is 12.3 Å². The largest absolute Gasteiger partial charge is 0.346 e. The molecule has 4 nitrogen and oxygen atoms in total. The van der Waals surface area contributed by atoms with Crippen LogP contribution in [-0.2, 0) is 7.05 Å². The van der Waals surface area contributed by atoms with Crippen LogP contribution in [0.1, 0.15) is 59.9 Å². The summed E-state index contributed by atoms with van der Waals surface area (Å²) in [6.07, 6.45) is 7.59. The van der Waals surface area contributed by atoms with Crippen molar-refractivity contribution < 1.29 is 9.59 Å². The predicted molar refractivity (Wildman–Crippen MR) is 74.4 cm³/mol. The van der Waals surface area contributed by atoms with Gasteiger partial charge in [0, 0.05) is 31.9 Å². The number of aromatic nitrogens is 1. The zero-order chi connectivity index (χ0) is 14.0. The van der Waals surface area contributed by atoms with Crippen molar-refractivity contribution in [1.29, 1.82) is 0 Å². The number of hydrogen-bond acceptors (Lipinski definition) is 2. The van der Waals surface area contributed by atoms with Crippen LogP contribution in [0.4, 0.5) is 0 Å². The molecule has 0 radical (unpaired) electrons. The molecule has 1 fully saturated rings. The van der Waals surface area contributed by atoms with Crippen molar-refractivity contribution >= 4 is 11.7 Å². The van der Waals surface area contributed by atoms with Crippen molar-refractivity contribution in [2.24, 2.45) is 7.05 Å². The van der Waals surface area contributed by atoms with E-state index in [4.69, 9.17) is 0 Å². The van der Waals surface area contributed by atoms with Crippen molar-refractivity contribution in [3.05, 3.63) is 23.5 Å². The smallest absolute Gasteiger partial charge is 0.270 e. The highest BCUT2D eigenvalue weighted by Gasteiger charge is 2.25. The standard InChI is InChI=1S/C15H22N2O2/c1-11(18)12-9-14(16(2)10-12)15(19)17(3)13-7-5-4-6-8-13/h9-10,13H,4-8H2,1-3H3. The molecule has 2 rings (SSSR count). The van der Waals surface area contributed by atoms with Crippen LogP contribution in [0.5, 0.6) is 0 Å². The summed E-state index contributed by atoms with van der Waals surface area (Å²) >= 11 is 0. The Labute approximate surface area is 114 Å². The average Bonchev–Trinajstić information content (AvgIpc) is 2.80. The minimum absolute atomic E-state index is 0.00466. The van der Waals surface area contributed by atoms with Gasteiger partial charge in [0.2, 0.25) is 0 Å². The molecule has 0 bridgehead atoms. The molecule has 0 unspecified atom stereocenters. The highest BCUT2D eigenvalue weighted by atomic mass is 16.2. The summed E-state index contributed by atoms with van der Waals surface area (Å²) in [5, 5.41) is 0. The van der Waals surface area contributed by atoms with Crippen molar-refractivity contribution in [3.8, 4) is 0 Å². The van der Waals surface area contributed by atoms with Crippen molar-refractivity contribution in [2.75, 3.05) is 7.05 Å². The van der Waals surface area contributed by atoms with Crippen molar-refractivity contribution in [3.63, 3.8) is 0 Å². The van der Waals surface area contributed by atoms with E-state index in [0.717, 1.165) is 12.8 Å². The fourth-order valence-electron chi connectivity index (χ4n) is 2.78. The van der Waals surface area contributed by atoms with Gasteiger partial charge in [-0.15, -0.1) is 0 Å². The lowest BCUT2D eigenvalue weighted by Gasteiger charge is -2.31. The van der Waals surface area contributed by atoms with Crippen LogP contribution in [0.2, 0.25) is 0 Å². The van der Waals surface area contributed by atoms with Gasteiger partial charge in [0.15, 0.2) is 5.78 Å². The summed E-state index contributed by atoms with van der Waals surface area (Å²) in [7, 11) is 3.69. The minimum atomic E-state index is -0.00466. The summed E-state index contributed by atoms with van der Waals surface area (Å²) in [6, 6.07) is 2.04. The van der Waals surface area contributed by atoms with Gasteiger partial charge in [0.1, 0.15) is 5.69 Å². The van der Waals surface area contributed by atoms with E-state index in [-0.39, 0.29) is 11.7 Å². The normalized spacial score (nSPS) is 16.4. The Kier molecular flexibility index (Phi) is 4.08. The van der Waals surface area contributed by atoms with Gasteiger partial charge in [-0.25, -0.2) is 0 Å². The highest BCUT2D eigenvalue weighted by molar-refractivity contribution is 5.99. The molecule has 0 saturated heterocycles. The van der Waals surface area contributed by atoms with E-state index in [9.17, 15) is 9.59 Å². The van der Waals surface area contributed by atoms with E-state index >= 15 is 0 Å². The fraction of sp³-hybridized carbons (Fsp3) is 0.600. The van der Waals surface area contributed by atoms with E-state index in [2.05, 4.69) is 0 Å². The van der Waals surface area contributed by atoms with Gasteiger partial charge in [-0.05, 0) is 25.8 Å². The average molecular weight is 262 g/mol. The van der Waals surface area contributed by atoms with Crippen LogP contribution >= 0.6 is 0 Å². The Morgan fingerprint density at radius 3 is 2.42 bits per heavy atom. The number of hydrogen-bond donors (Lipinski definition) is 0. The molecule has 0 N–H and O–H groups in total. The van der Waals surface area contributed by atoms with Crippen LogP contribution in [0, 0.1) is 0 Å². The van der Waals surface area contributed by atoms with E-state index < -0.39 is 0 Å². The minimum Gasteiger partial charge on any atom is -0.346 e. The number of ketones is 1. The van der Waals surface area contributed by atoms with Crippen molar-refractivity contribution in [2.45, 2.75) is 45.1 Å². The molecule has 1 saturated carbocycles. The van der Waals surface area contributed by atoms with Crippen LogP contribution < -0.4 is 0 Å². The van der Waals surface area contributed by atoms with Crippen LogP contribution in [0.3, 0.4) is 0 Å². The van der Waals surface area contributed by atoms with E-state index in [0.29, 0.717) is 17.3 Å². The van der Waals surface area contributed by atoms with Gasteiger partial charge < -0.3 is 9.47 Å². The second-order valence-corrected chi connectivity index (χ2v) is 5.49. The highest BCUT2D eigenvalue weighted by Crippen LogP contribution is 2.23. The maximum Gasteiger partial charge on any atom is 0.270 e. The van der Waals surface area contributed by atoms with Gasteiger partial charge in [-0.3, -0.25) is 9.59 Å². The molecule has 1 aromatic rings. The molecule has 1 aliphatic rings. The molecule has 1 aliphatic carbocycles. The lowest BCUT2D eigenvalue weighted by Crippen LogP contribution is -2.39. The van der Waals surface area contributed by atoms with Crippen molar-refractivity contribution in [1.82, 2.24) is 9.47 Å². The Hall–Kier alpha value is -1.58. The number of carbonyl (C=O) groups is 2. The second kappa shape index (κ2) is 5.59. The predicted octanol–water partition coefficient (Wildman–Crippen LogP) is 2.63. The zero-order valence-corrected chi connectivity index (χ0v) is 12.0. The van der Waals surface area contributed by atoms with Crippen LogP contribution in [-0.4, -0.2) is 34.2 Å². The molecule has 1 aromatic heterocycles. The van der Waals surface area contributed by atoms with Gasteiger partial charge in [-0.2, -0.15) is 0 Å². The summed E-state index contributed by atoms with van der Waals surface area (Å²) in [4.78, 5) is 25.7. The molecule has 0 spiro atoms. The van der Waals surface area contributed by atoms with E-state index in [1.54, 1.807) is 16.8 Å². The molecule has 1 heterocycles. The van der Waals surface area contributed by atoms with Gasteiger partial charge >= 0.3 is 0 Å². The first kappa shape index (κ1) is 13.8. The topological polar surface area (TPSA) is 42.3 Å². The van der Waals surface area contributed by atoms with E-state index in [1.807, 2.05) is 19.0 Å². The number of nitrogens with zero attached hydrogens (tertiary/aromatic N) is 2. The lowest BCUT2D eigenvalue weighted by atomic mass is 9.94. The molecule has 1 amide bonds. The number of aryl methyl sites for hydroxylation is 1. The molecular formula is C15H22N2O2. The molecule has 4 heteroatoms. The first-order valence-corrected chi connectivity index (χ1v) is 6.95.